The summed E-state index contributed by atoms with van der Waals surface area (Å²) in [6, 6.07) is 19.3. The normalized spacial score (nSPS) is 14.8. The number of unbranched alkanes of at least 4 members (excludes halogenated alkanes) is 1. The lowest BCUT2D eigenvalue weighted by atomic mass is 9.76. The monoisotopic (exact) mass is 547 g/mol. The molecule has 10 heteroatoms. The molecule has 2 aromatic carbocycles. The van der Waals surface area contributed by atoms with Gasteiger partial charge in [0.15, 0.2) is 0 Å². The van der Waals surface area contributed by atoms with Gasteiger partial charge in [0.25, 0.3) is 0 Å². The van der Waals surface area contributed by atoms with E-state index in [4.69, 9.17) is 5.73 Å². The number of nitrogens with zero attached hydrogens (tertiary/aromatic N) is 1. The second-order valence-corrected chi connectivity index (χ2v) is 11.2. The zero-order chi connectivity index (χ0) is 27.7. The number of carbonyl (C=O) groups excluding carboxylic acids is 2. The van der Waals surface area contributed by atoms with Gasteiger partial charge in [0.1, 0.15) is 6.04 Å². The lowest BCUT2D eigenvalue weighted by Gasteiger charge is -2.34. The lowest BCUT2D eigenvalue weighted by molar-refractivity contribution is -0.122. The summed E-state index contributed by atoms with van der Waals surface area (Å²) in [6.45, 7) is 0.208. The van der Waals surface area contributed by atoms with E-state index in [2.05, 4.69) is 32.5 Å². The first-order valence-electron chi connectivity index (χ1n) is 12.9. The molecule has 0 fully saturated rings. The average molecular weight is 548 g/mol. The molecule has 0 saturated carbocycles. The van der Waals surface area contributed by atoms with Crippen molar-refractivity contribution in [1.82, 2.24) is 20.3 Å². The number of nitrogens with two attached hydrogens (primary N) is 1. The van der Waals surface area contributed by atoms with Gasteiger partial charge < -0.3 is 16.4 Å². The summed E-state index contributed by atoms with van der Waals surface area (Å²) in [5.74, 6) is 0.670. The molecule has 5 N–H and O–H groups in total. The van der Waals surface area contributed by atoms with Crippen molar-refractivity contribution in [3.63, 3.8) is 0 Å². The maximum absolute atomic E-state index is 13.3. The number of hydrogen-bond donors (Lipinski definition) is 4. The number of aryl methyl sites for hydroxylation is 1. The minimum absolute atomic E-state index is 0.196. The van der Waals surface area contributed by atoms with Crippen molar-refractivity contribution >= 4 is 22.0 Å². The lowest BCUT2D eigenvalue weighted by Crippen LogP contribution is -2.50. The summed E-state index contributed by atoms with van der Waals surface area (Å²) in [5, 5.41) is 5.60. The van der Waals surface area contributed by atoms with E-state index >= 15 is 0 Å². The van der Waals surface area contributed by atoms with Gasteiger partial charge in [-0.3, -0.25) is 9.78 Å². The van der Waals surface area contributed by atoms with Crippen LogP contribution in [0, 0.1) is 12.0 Å². The Morgan fingerprint density at radius 3 is 2.46 bits per heavy atom. The fraction of sp³-hybridized carbons (Fsp3) is 0.276. The topological polar surface area (TPSA) is 143 Å². The van der Waals surface area contributed by atoms with E-state index in [0.29, 0.717) is 32.1 Å². The zero-order valence-electron chi connectivity index (χ0n) is 21.6. The second kappa shape index (κ2) is 13.3. The van der Waals surface area contributed by atoms with Crippen LogP contribution in [-0.2, 0) is 27.7 Å². The molecule has 204 valence electrons. The van der Waals surface area contributed by atoms with Crippen molar-refractivity contribution in [2.75, 3.05) is 6.54 Å². The largest absolute Gasteiger partial charge is 0.352 e. The van der Waals surface area contributed by atoms with E-state index in [-0.39, 0.29) is 17.3 Å². The van der Waals surface area contributed by atoms with Gasteiger partial charge in [-0.15, -0.1) is 0 Å². The number of amides is 3. The van der Waals surface area contributed by atoms with E-state index in [1.165, 1.54) is 17.7 Å². The molecule has 1 aliphatic carbocycles. The molecular formula is C29H33N5O4S. The van der Waals surface area contributed by atoms with Gasteiger partial charge in [-0.1, -0.05) is 48.5 Å². The number of hydrogen-bond acceptors (Lipinski definition) is 5. The fourth-order valence-electron chi connectivity index (χ4n) is 4.69. The van der Waals surface area contributed by atoms with Crippen LogP contribution >= 0.6 is 0 Å². The van der Waals surface area contributed by atoms with Gasteiger partial charge in [-0.25, -0.2) is 17.9 Å². The Kier molecular flexibility index (Phi) is 9.67. The first-order valence-corrected chi connectivity index (χ1v) is 14.4. The van der Waals surface area contributed by atoms with Crippen LogP contribution in [-0.4, -0.2) is 37.9 Å². The van der Waals surface area contributed by atoms with Crippen molar-refractivity contribution in [1.29, 1.82) is 0 Å². The average Bonchev–Trinajstić information content (AvgIpc) is 2.94. The van der Waals surface area contributed by atoms with E-state index in [9.17, 15) is 18.0 Å². The standard InChI is InChI=1S/C29H33N5O4S/c30-29(36)34-27(14-6-7-18-32-39(37,38)23-11-2-1-3-12-23)28(35)33-26-16-15-22-10-4-5-13-24(22)25(26)19-21-9-8-17-31-20-21/h1-5,8-13,17,20,27,32H,6-7,14-16,18-19H2,(H,33,35)(H3,30,34,36)/t27-/m0/s1. The van der Waals surface area contributed by atoms with E-state index in [1.54, 1.807) is 24.4 Å². The molecule has 0 unspecified atom stereocenters. The zero-order valence-corrected chi connectivity index (χ0v) is 22.4. The summed E-state index contributed by atoms with van der Waals surface area (Å²) in [7, 11) is -3.60. The van der Waals surface area contributed by atoms with Gasteiger partial charge in [-0.2, -0.15) is 0 Å². The molecule has 3 amide bonds. The molecule has 1 aliphatic rings. The molecule has 1 aromatic heterocycles. The summed E-state index contributed by atoms with van der Waals surface area (Å²) in [5.41, 5.74) is 8.71. The van der Waals surface area contributed by atoms with Crippen LogP contribution in [0.15, 0.2) is 84.0 Å². The van der Waals surface area contributed by atoms with Crippen molar-refractivity contribution < 1.29 is 18.0 Å². The third kappa shape index (κ3) is 7.87. The van der Waals surface area contributed by atoms with Crippen LogP contribution in [0.4, 0.5) is 4.79 Å². The highest BCUT2D eigenvalue weighted by Gasteiger charge is 2.34. The Bertz CT molecular complexity index is 1350. The Balaban J connectivity index is 1.37. The SMILES string of the molecule is NC(=O)N[C@@H](CCCCNS(=O)(=O)c1ccccc1)C(=O)N[C]1CCc2ccccc2[C]1Cc1cccnc1. The molecule has 1 heterocycles. The number of sulfonamides is 1. The number of fused-ring (bicyclic) bond motifs is 1. The molecule has 0 saturated heterocycles. The third-order valence-corrected chi connectivity index (χ3v) is 8.10. The van der Waals surface area contributed by atoms with E-state index in [1.807, 2.05) is 30.5 Å². The minimum atomic E-state index is -3.60. The highest BCUT2D eigenvalue weighted by molar-refractivity contribution is 7.89. The van der Waals surface area contributed by atoms with Crippen LogP contribution in [0.25, 0.3) is 0 Å². The number of benzene rings is 2. The summed E-state index contributed by atoms with van der Waals surface area (Å²) in [4.78, 5) is 29.4. The third-order valence-electron chi connectivity index (χ3n) is 6.63. The molecular weight excluding hydrogens is 514 g/mol. The fourth-order valence-corrected chi connectivity index (χ4v) is 5.79. The highest BCUT2D eigenvalue weighted by Crippen LogP contribution is 2.37. The van der Waals surface area contributed by atoms with Crippen molar-refractivity contribution in [3.05, 3.63) is 108 Å². The Hall–Kier alpha value is -3.76. The van der Waals surface area contributed by atoms with Crippen molar-refractivity contribution in [2.45, 2.75) is 49.5 Å². The smallest absolute Gasteiger partial charge is 0.312 e. The van der Waals surface area contributed by atoms with Gasteiger partial charge in [-0.05, 0) is 73.4 Å². The molecule has 9 nitrogen and oxygen atoms in total. The van der Waals surface area contributed by atoms with Gasteiger partial charge in [0.2, 0.25) is 15.9 Å². The first-order chi connectivity index (χ1) is 18.8. The number of nitrogens with one attached hydrogen (secondary N) is 3. The maximum Gasteiger partial charge on any atom is 0.312 e. The van der Waals surface area contributed by atoms with E-state index < -0.39 is 22.1 Å². The number of urea groups is 1. The predicted octanol–water partition coefficient (Wildman–Crippen LogP) is 3.03. The number of primary amides is 1. The van der Waals surface area contributed by atoms with Crippen LogP contribution in [0.1, 0.15) is 42.4 Å². The van der Waals surface area contributed by atoms with Crippen LogP contribution < -0.4 is 21.1 Å². The quantitative estimate of drug-likeness (QED) is 0.258. The predicted molar refractivity (Wildman–Crippen MR) is 148 cm³/mol. The molecule has 1 atom stereocenters. The van der Waals surface area contributed by atoms with Crippen molar-refractivity contribution in [3.8, 4) is 0 Å². The number of pyridine rings is 1. The maximum atomic E-state index is 13.3. The summed E-state index contributed by atoms with van der Waals surface area (Å²) >= 11 is 0. The molecule has 3 aromatic rings. The number of aromatic nitrogens is 1. The molecule has 4 rings (SSSR count). The molecule has 0 bridgehead atoms. The number of rotatable bonds is 12. The highest BCUT2D eigenvalue weighted by atomic mass is 32.2. The Labute approximate surface area is 229 Å². The number of carbonyl (C=O) groups is 2. The van der Waals surface area contributed by atoms with Gasteiger partial charge >= 0.3 is 6.03 Å². The van der Waals surface area contributed by atoms with Crippen molar-refractivity contribution in [2.24, 2.45) is 5.73 Å². The van der Waals surface area contributed by atoms with Gasteiger partial charge in [0.05, 0.1) is 10.9 Å². The molecule has 39 heavy (non-hydrogen) atoms. The van der Waals surface area contributed by atoms with E-state index in [0.717, 1.165) is 29.5 Å². The second-order valence-electron chi connectivity index (χ2n) is 9.41. The summed E-state index contributed by atoms with van der Waals surface area (Å²) < 4.78 is 27.4. The van der Waals surface area contributed by atoms with Gasteiger partial charge in [0, 0.05) is 24.9 Å². The van der Waals surface area contributed by atoms with Crippen LogP contribution in [0.2, 0.25) is 0 Å². The minimum Gasteiger partial charge on any atom is -0.352 e. The molecule has 2 radical (unpaired) electrons. The van der Waals surface area contributed by atoms with Crippen LogP contribution in [0.5, 0.6) is 0 Å². The van der Waals surface area contributed by atoms with Crippen LogP contribution in [0.3, 0.4) is 0 Å². The Morgan fingerprint density at radius 2 is 1.72 bits per heavy atom. The Morgan fingerprint density at radius 1 is 0.949 bits per heavy atom. The summed E-state index contributed by atoms with van der Waals surface area (Å²) in [6.07, 6.45) is 6.88. The molecule has 0 spiro atoms. The molecule has 0 aliphatic heterocycles. The first kappa shape index (κ1) is 28.3.